The quantitative estimate of drug-likeness (QED) is 0.704. The Morgan fingerprint density at radius 1 is 1.21 bits per heavy atom. The van der Waals surface area contributed by atoms with Crippen LogP contribution < -0.4 is 5.56 Å². The molecule has 0 radical (unpaired) electrons. The van der Waals surface area contributed by atoms with Crippen molar-refractivity contribution in [2.24, 2.45) is 0 Å². The van der Waals surface area contributed by atoms with Crippen LogP contribution in [-0.4, -0.2) is 9.55 Å². The molecule has 3 aromatic rings. The minimum Gasteiger partial charge on any atom is -0.292 e. The zero-order valence-electron chi connectivity index (χ0n) is 14.0. The van der Waals surface area contributed by atoms with Gasteiger partial charge in [0.15, 0.2) is 0 Å². The molecule has 0 saturated heterocycles. The Labute approximate surface area is 145 Å². The molecule has 1 aliphatic heterocycles. The van der Waals surface area contributed by atoms with Gasteiger partial charge in [0.25, 0.3) is 5.56 Å². The second kappa shape index (κ2) is 6.02. The van der Waals surface area contributed by atoms with Crippen molar-refractivity contribution in [2.75, 3.05) is 0 Å². The van der Waals surface area contributed by atoms with E-state index in [1.165, 1.54) is 16.0 Å². The maximum atomic E-state index is 12.7. The molecule has 4 heteroatoms. The summed E-state index contributed by atoms with van der Waals surface area (Å²) in [5.41, 5.74) is 3.77. The van der Waals surface area contributed by atoms with Crippen molar-refractivity contribution in [3.8, 4) is 0 Å². The predicted octanol–water partition coefficient (Wildman–Crippen LogP) is 4.53. The maximum Gasteiger partial charge on any atom is 0.262 e. The van der Waals surface area contributed by atoms with Crippen molar-refractivity contribution >= 4 is 33.2 Å². The van der Waals surface area contributed by atoms with Gasteiger partial charge in [-0.25, -0.2) is 4.98 Å². The zero-order valence-corrected chi connectivity index (χ0v) is 14.8. The molecule has 0 spiro atoms. The minimum absolute atomic E-state index is 0.107. The van der Waals surface area contributed by atoms with Crippen LogP contribution >= 0.6 is 11.3 Å². The van der Waals surface area contributed by atoms with Crippen LogP contribution in [0, 0.1) is 0 Å². The molecule has 0 bridgehead atoms. The van der Waals surface area contributed by atoms with Gasteiger partial charge in [-0.3, -0.25) is 9.36 Å². The van der Waals surface area contributed by atoms with Gasteiger partial charge in [0, 0.05) is 11.4 Å². The normalized spacial score (nSPS) is 15.3. The Bertz CT molecular complexity index is 993. The summed E-state index contributed by atoms with van der Waals surface area (Å²) in [6.07, 6.45) is 5.04. The average Bonchev–Trinajstić information content (AvgIpc) is 3.21. The summed E-state index contributed by atoms with van der Waals surface area (Å²) in [6.45, 7) is 5.00. The molecular formula is C20H20N2OS. The molecule has 24 heavy (non-hydrogen) atoms. The summed E-state index contributed by atoms with van der Waals surface area (Å²) in [6, 6.07) is 10.6. The molecule has 0 aliphatic carbocycles. The molecule has 3 nitrogen and oxygen atoms in total. The first-order valence-corrected chi connectivity index (χ1v) is 9.34. The van der Waals surface area contributed by atoms with Gasteiger partial charge in [-0.2, -0.15) is 0 Å². The summed E-state index contributed by atoms with van der Waals surface area (Å²) in [7, 11) is 0. The Hall–Kier alpha value is -2.20. The molecule has 0 atom stereocenters. The third kappa shape index (κ3) is 2.51. The van der Waals surface area contributed by atoms with Crippen molar-refractivity contribution in [2.45, 2.75) is 39.7 Å². The third-order valence-electron chi connectivity index (χ3n) is 4.67. The number of fused-ring (bicyclic) bond motifs is 2. The zero-order chi connectivity index (χ0) is 16.7. The Morgan fingerprint density at radius 3 is 2.71 bits per heavy atom. The number of aryl methyl sites for hydroxylation is 2. The highest BCUT2D eigenvalue weighted by Crippen LogP contribution is 2.30. The number of hydrogen-bond donors (Lipinski definition) is 0. The highest BCUT2D eigenvalue weighted by molar-refractivity contribution is 7.18. The first kappa shape index (κ1) is 15.3. The summed E-state index contributed by atoms with van der Waals surface area (Å²) in [5.74, 6) is 0.844. The summed E-state index contributed by atoms with van der Waals surface area (Å²) >= 11 is 1.64. The van der Waals surface area contributed by atoms with Crippen molar-refractivity contribution < 1.29 is 0 Å². The van der Waals surface area contributed by atoms with Gasteiger partial charge in [-0.1, -0.05) is 38.1 Å². The van der Waals surface area contributed by atoms with Crippen LogP contribution in [0.15, 0.2) is 35.1 Å². The van der Waals surface area contributed by atoms with Gasteiger partial charge in [0.05, 0.1) is 5.39 Å². The fraction of sp³-hybridized carbons (Fsp3) is 0.300. The van der Waals surface area contributed by atoms with Gasteiger partial charge >= 0.3 is 0 Å². The smallest absolute Gasteiger partial charge is 0.262 e. The molecule has 1 aliphatic rings. The topological polar surface area (TPSA) is 34.9 Å². The van der Waals surface area contributed by atoms with E-state index in [-0.39, 0.29) is 5.56 Å². The fourth-order valence-corrected chi connectivity index (χ4v) is 4.18. The highest BCUT2D eigenvalue weighted by Gasteiger charge is 2.21. The summed E-state index contributed by atoms with van der Waals surface area (Å²) in [5, 5.41) is 0.772. The lowest BCUT2D eigenvalue weighted by Gasteiger charge is -2.03. The predicted molar refractivity (Wildman–Crippen MR) is 102 cm³/mol. The van der Waals surface area contributed by atoms with Crippen molar-refractivity contribution in [1.29, 1.82) is 0 Å². The number of nitrogens with zero attached hydrogens (tertiary/aromatic N) is 2. The van der Waals surface area contributed by atoms with Crippen LogP contribution in [0.4, 0.5) is 0 Å². The molecule has 3 heterocycles. The largest absolute Gasteiger partial charge is 0.292 e. The highest BCUT2D eigenvalue weighted by atomic mass is 32.1. The van der Waals surface area contributed by atoms with Crippen molar-refractivity contribution in [3.05, 3.63) is 62.5 Å². The molecule has 0 fully saturated rings. The number of hydrogen-bond acceptors (Lipinski definition) is 3. The van der Waals surface area contributed by atoms with Crippen LogP contribution in [0.1, 0.15) is 42.1 Å². The lowest BCUT2D eigenvalue weighted by Crippen LogP contribution is -2.19. The summed E-state index contributed by atoms with van der Waals surface area (Å²) < 4.78 is 1.83. The van der Waals surface area contributed by atoms with E-state index in [2.05, 4.69) is 44.2 Å². The minimum atomic E-state index is 0.107. The fourth-order valence-electron chi connectivity index (χ4n) is 3.22. The average molecular weight is 336 g/mol. The van der Waals surface area contributed by atoms with E-state index >= 15 is 0 Å². The molecule has 122 valence electrons. The van der Waals surface area contributed by atoms with Gasteiger partial charge in [0.2, 0.25) is 0 Å². The second-order valence-electron chi connectivity index (χ2n) is 6.19. The Kier molecular flexibility index (Phi) is 3.85. The monoisotopic (exact) mass is 336 g/mol. The molecule has 1 aromatic carbocycles. The second-order valence-corrected chi connectivity index (χ2v) is 7.31. The van der Waals surface area contributed by atoms with Gasteiger partial charge in [0.1, 0.15) is 10.7 Å². The number of thiophene rings is 1. The maximum absolute atomic E-state index is 12.7. The Morgan fingerprint density at radius 2 is 2.00 bits per heavy atom. The number of aromatic nitrogens is 2. The van der Waals surface area contributed by atoms with E-state index in [4.69, 9.17) is 4.98 Å². The lowest BCUT2D eigenvalue weighted by molar-refractivity contribution is 0.726. The third-order valence-corrected chi connectivity index (χ3v) is 5.84. The van der Waals surface area contributed by atoms with Crippen LogP contribution in [0.25, 0.3) is 21.9 Å². The molecule has 0 amide bonds. The molecule has 2 aromatic heterocycles. The van der Waals surface area contributed by atoms with Crippen LogP contribution in [0.2, 0.25) is 0 Å². The molecule has 4 rings (SSSR count). The van der Waals surface area contributed by atoms with Gasteiger partial charge < -0.3 is 0 Å². The van der Waals surface area contributed by atoms with E-state index < -0.39 is 0 Å². The molecule has 0 unspecified atom stereocenters. The van der Waals surface area contributed by atoms with Crippen molar-refractivity contribution in [1.82, 2.24) is 9.55 Å². The van der Waals surface area contributed by atoms with E-state index in [0.29, 0.717) is 0 Å². The Balaban J connectivity index is 1.81. The van der Waals surface area contributed by atoms with Crippen LogP contribution in [-0.2, 0) is 19.4 Å². The first-order valence-electron chi connectivity index (χ1n) is 8.52. The molecule has 0 N–H and O–H groups in total. The lowest BCUT2D eigenvalue weighted by atomic mass is 10.1. The van der Waals surface area contributed by atoms with E-state index in [0.717, 1.165) is 47.4 Å². The van der Waals surface area contributed by atoms with E-state index in [1.807, 2.05) is 10.6 Å². The molecular weight excluding hydrogens is 316 g/mol. The van der Waals surface area contributed by atoms with E-state index in [9.17, 15) is 4.79 Å². The van der Waals surface area contributed by atoms with E-state index in [1.54, 1.807) is 11.3 Å². The number of rotatable bonds is 3. The molecule has 0 saturated carbocycles. The van der Waals surface area contributed by atoms with Crippen LogP contribution in [0.3, 0.4) is 0 Å². The van der Waals surface area contributed by atoms with Crippen LogP contribution in [0.5, 0.6) is 0 Å². The van der Waals surface area contributed by atoms with Gasteiger partial charge in [-0.05, 0) is 48.1 Å². The SMILES string of the molecule is CCc1ccc(/C=C2/CCn3c2nc2sc(CC)cc2c3=O)cc1. The number of allylic oxidation sites excluding steroid dienone is 1. The summed E-state index contributed by atoms with van der Waals surface area (Å²) in [4.78, 5) is 19.6. The number of benzene rings is 1. The standard InChI is InChI=1S/C20H20N2OS/c1-3-13-5-7-14(8-6-13)11-15-9-10-22-18(15)21-19-17(20(22)23)12-16(4-2)24-19/h5-8,11-12H,3-4,9-10H2,1-2H3/b15-11-. The van der Waals surface area contributed by atoms with Gasteiger partial charge in [-0.15, -0.1) is 11.3 Å². The first-order chi connectivity index (χ1) is 11.7. The van der Waals surface area contributed by atoms with Crippen molar-refractivity contribution in [3.63, 3.8) is 0 Å².